The molecule has 0 aliphatic carbocycles. The molecule has 0 aromatic heterocycles. The van der Waals surface area contributed by atoms with Gasteiger partial charge in [0.2, 0.25) is 0 Å². The van der Waals surface area contributed by atoms with E-state index in [2.05, 4.69) is 6.92 Å². The number of hydrogen-bond acceptors (Lipinski definition) is 3. The minimum Gasteiger partial charge on any atom is -0.496 e. The van der Waals surface area contributed by atoms with Crippen molar-refractivity contribution >= 4 is 5.78 Å². The topological polar surface area (TPSA) is 46.5 Å². The standard InChI is InChI=1S/C15H22O3/c1-5-13-7-6-12(9-15(13)18-4)8-14(17)10(2)11(3)16/h6-7,9-10,14,17H,5,8H2,1-4H3/t10-,14-/m1/s1. The van der Waals surface area contributed by atoms with Gasteiger partial charge in [-0.25, -0.2) is 0 Å². The molecule has 0 aliphatic heterocycles. The van der Waals surface area contributed by atoms with Crippen molar-refractivity contribution in [2.75, 3.05) is 7.11 Å². The number of carbonyl (C=O) groups excluding carboxylic acids is 1. The fraction of sp³-hybridized carbons (Fsp3) is 0.533. The van der Waals surface area contributed by atoms with Crippen LogP contribution in [0.15, 0.2) is 18.2 Å². The summed E-state index contributed by atoms with van der Waals surface area (Å²) in [7, 11) is 1.65. The Hall–Kier alpha value is -1.35. The van der Waals surface area contributed by atoms with Gasteiger partial charge in [-0.05, 0) is 37.0 Å². The van der Waals surface area contributed by atoms with E-state index in [1.54, 1.807) is 14.0 Å². The van der Waals surface area contributed by atoms with Gasteiger partial charge in [-0.2, -0.15) is 0 Å². The third kappa shape index (κ3) is 3.57. The van der Waals surface area contributed by atoms with Crippen molar-refractivity contribution in [3.05, 3.63) is 29.3 Å². The molecule has 18 heavy (non-hydrogen) atoms. The van der Waals surface area contributed by atoms with Crippen molar-refractivity contribution in [2.24, 2.45) is 5.92 Å². The highest BCUT2D eigenvalue weighted by Gasteiger charge is 2.19. The Morgan fingerprint density at radius 3 is 2.61 bits per heavy atom. The minimum absolute atomic E-state index is 0.0136. The van der Waals surface area contributed by atoms with E-state index in [0.717, 1.165) is 23.3 Å². The fourth-order valence-corrected chi connectivity index (χ4v) is 1.90. The van der Waals surface area contributed by atoms with Crippen molar-refractivity contribution in [3.63, 3.8) is 0 Å². The van der Waals surface area contributed by atoms with E-state index in [4.69, 9.17) is 4.74 Å². The molecule has 1 aromatic rings. The number of methoxy groups -OCH3 is 1. The number of hydrogen-bond donors (Lipinski definition) is 1. The zero-order valence-corrected chi connectivity index (χ0v) is 11.6. The molecule has 0 saturated carbocycles. The van der Waals surface area contributed by atoms with E-state index in [9.17, 15) is 9.90 Å². The minimum atomic E-state index is -0.639. The summed E-state index contributed by atoms with van der Waals surface area (Å²) in [6.07, 6.45) is 0.747. The van der Waals surface area contributed by atoms with Gasteiger partial charge < -0.3 is 9.84 Å². The molecule has 0 bridgehead atoms. The SMILES string of the molecule is CCc1ccc(C[C@@H](O)[C@H](C)C(C)=O)cc1OC. The maximum Gasteiger partial charge on any atom is 0.135 e. The van der Waals surface area contributed by atoms with Crippen LogP contribution >= 0.6 is 0 Å². The molecule has 3 nitrogen and oxygen atoms in total. The summed E-state index contributed by atoms with van der Waals surface area (Å²) in [4.78, 5) is 11.2. The molecule has 0 radical (unpaired) electrons. The van der Waals surface area contributed by atoms with E-state index < -0.39 is 6.10 Å². The fourth-order valence-electron chi connectivity index (χ4n) is 1.90. The molecule has 0 saturated heterocycles. The van der Waals surface area contributed by atoms with Crippen molar-refractivity contribution < 1.29 is 14.6 Å². The second-order valence-electron chi connectivity index (χ2n) is 4.67. The van der Waals surface area contributed by atoms with Gasteiger partial charge in [-0.15, -0.1) is 0 Å². The normalized spacial score (nSPS) is 14.1. The van der Waals surface area contributed by atoms with Crippen LogP contribution in [0.25, 0.3) is 0 Å². The zero-order chi connectivity index (χ0) is 13.7. The monoisotopic (exact) mass is 250 g/mol. The van der Waals surface area contributed by atoms with Crippen LogP contribution in [0.4, 0.5) is 0 Å². The highest BCUT2D eigenvalue weighted by Crippen LogP contribution is 2.22. The molecule has 2 atom stereocenters. The van der Waals surface area contributed by atoms with Crippen molar-refractivity contribution in [1.29, 1.82) is 0 Å². The average Bonchev–Trinajstić information content (AvgIpc) is 2.37. The Bertz CT molecular complexity index is 412. The number of rotatable bonds is 6. The third-order valence-electron chi connectivity index (χ3n) is 3.40. The first kappa shape index (κ1) is 14.7. The van der Waals surface area contributed by atoms with Gasteiger partial charge in [0.25, 0.3) is 0 Å². The van der Waals surface area contributed by atoms with Crippen molar-refractivity contribution in [2.45, 2.75) is 39.7 Å². The van der Waals surface area contributed by atoms with Crippen LogP contribution in [-0.2, 0) is 17.6 Å². The number of aryl methyl sites for hydroxylation is 1. The third-order valence-corrected chi connectivity index (χ3v) is 3.40. The summed E-state index contributed by atoms with van der Waals surface area (Å²) in [6.45, 7) is 5.34. The number of aliphatic hydroxyl groups excluding tert-OH is 1. The van der Waals surface area contributed by atoms with E-state index in [0.29, 0.717) is 6.42 Å². The summed E-state index contributed by atoms with van der Waals surface area (Å²) in [5, 5.41) is 9.97. The van der Waals surface area contributed by atoms with Gasteiger partial charge in [0, 0.05) is 5.92 Å². The number of aliphatic hydroxyl groups is 1. The Morgan fingerprint density at radius 2 is 2.11 bits per heavy atom. The number of benzene rings is 1. The Kier molecular flexibility index (Phi) is 5.35. The molecule has 100 valence electrons. The summed E-state index contributed by atoms with van der Waals surface area (Å²) in [6, 6.07) is 5.94. The van der Waals surface area contributed by atoms with E-state index in [-0.39, 0.29) is 11.7 Å². The van der Waals surface area contributed by atoms with Crippen LogP contribution in [0.5, 0.6) is 5.75 Å². The Labute approximate surface area is 109 Å². The molecule has 0 amide bonds. The molecule has 3 heteroatoms. The van der Waals surface area contributed by atoms with Gasteiger partial charge in [0.05, 0.1) is 13.2 Å². The maximum absolute atomic E-state index is 11.2. The zero-order valence-electron chi connectivity index (χ0n) is 11.6. The van der Waals surface area contributed by atoms with Crippen LogP contribution in [0.3, 0.4) is 0 Å². The lowest BCUT2D eigenvalue weighted by atomic mass is 9.94. The van der Waals surface area contributed by atoms with Crippen LogP contribution in [0, 0.1) is 5.92 Å². The lowest BCUT2D eigenvalue weighted by Gasteiger charge is -2.17. The van der Waals surface area contributed by atoms with E-state index in [1.807, 2.05) is 18.2 Å². The lowest BCUT2D eigenvalue weighted by molar-refractivity contribution is -0.123. The Morgan fingerprint density at radius 1 is 1.44 bits per heavy atom. The summed E-state index contributed by atoms with van der Waals surface area (Å²) < 4.78 is 5.32. The number of Topliss-reactive ketones (excluding diaryl/α,β-unsaturated/α-hetero) is 1. The lowest BCUT2D eigenvalue weighted by Crippen LogP contribution is -2.25. The molecular formula is C15H22O3. The molecule has 0 unspecified atom stereocenters. The van der Waals surface area contributed by atoms with Gasteiger partial charge in [-0.1, -0.05) is 26.0 Å². The highest BCUT2D eigenvalue weighted by molar-refractivity contribution is 5.78. The molecular weight excluding hydrogens is 228 g/mol. The molecule has 1 aromatic carbocycles. The second-order valence-corrected chi connectivity index (χ2v) is 4.67. The number of ketones is 1. The first-order valence-electron chi connectivity index (χ1n) is 6.33. The predicted molar refractivity (Wildman–Crippen MR) is 71.9 cm³/mol. The first-order valence-corrected chi connectivity index (χ1v) is 6.33. The quantitative estimate of drug-likeness (QED) is 0.843. The summed E-state index contributed by atoms with van der Waals surface area (Å²) in [5.74, 6) is 0.527. The number of carbonyl (C=O) groups is 1. The number of ether oxygens (including phenoxy) is 1. The van der Waals surface area contributed by atoms with Crippen LogP contribution in [0.2, 0.25) is 0 Å². The van der Waals surface area contributed by atoms with Gasteiger partial charge >= 0.3 is 0 Å². The smallest absolute Gasteiger partial charge is 0.135 e. The molecule has 0 heterocycles. The van der Waals surface area contributed by atoms with Crippen molar-refractivity contribution in [1.82, 2.24) is 0 Å². The van der Waals surface area contributed by atoms with Gasteiger partial charge in [-0.3, -0.25) is 4.79 Å². The molecule has 0 aliphatic rings. The Balaban J connectivity index is 2.82. The van der Waals surface area contributed by atoms with Gasteiger partial charge in [0.1, 0.15) is 11.5 Å². The largest absolute Gasteiger partial charge is 0.496 e. The average molecular weight is 250 g/mol. The van der Waals surface area contributed by atoms with Crippen LogP contribution < -0.4 is 4.74 Å². The molecule has 1 rings (SSSR count). The molecule has 1 N–H and O–H groups in total. The molecule has 0 fully saturated rings. The van der Waals surface area contributed by atoms with Gasteiger partial charge in [0.15, 0.2) is 0 Å². The predicted octanol–water partition coefficient (Wildman–Crippen LogP) is 2.39. The first-order chi connectivity index (χ1) is 8.49. The maximum atomic E-state index is 11.2. The second kappa shape index (κ2) is 6.55. The summed E-state index contributed by atoms with van der Waals surface area (Å²) in [5.41, 5.74) is 2.14. The van der Waals surface area contributed by atoms with Crippen LogP contribution in [0.1, 0.15) is 31.9 Å². The van der Waals surface area contributed by atoms with E-state index >= 15 is 0 Å². The summed E-state index contributed by atoms with van der Waals surface area (Å²) >= 11 is 0. The highest BCUT2D eigenvalue weighted by atomic mass is 16.5. The van der Waals surface area contributed by atoms with Crippen LogP contribution in [-0.4, -0.2) is 24.1 Å². The molecule has 0 spiro atoms. The van der Waals surface area contributed by atoms with E-state index in [1.165, 1.54) is 6.92 Å². The van der Waals surface area contributed by atoms with Crippen molar-refractivity contribution in [3.8, 4) is 5.75 Å².